The van der Waals surface area contributed by atoms with Crippen LogP contribution in [-0.2, 0) is 22.4 Å². The Balaban J connectivity index is -0.000000318. The van der Waals surface area contributed by atoms with E-state index in [-0.39, 0.29) is 0 Å². The number of benzene rings is 2. The summed E-state index contributed by atoms with van der Waals surface area (Å²) in [7, 11) is 0. The molecule has 2 N–H and O–H groups in total. The molecule has 0 radical (unpaired) electrons. The molecule has 2 aromatic carbocycles. The van der Waals surface area contributed by atoms with Crippen molar-refractivity contribution in [3.8, 4) is 0 Å². The van der Waals surface area contributed by atoms with E-state index < -0.39 is 11.9 Å². The lowest BCUT2D eigenvalue weighted by Crippen LogP contribution is -2.23. The summed E-state index contributed by atoms with van der Waals surface area (Å²) in [6, 6.07) is 15.2. The summed E-state index contributed by atoms with van der Waals surface area (Å²) in [5.74, 6) is 8.26. The minimum Gasteiger partial charge on any atom is -0.425 e. The number of cyclic esters (lactones) is 2. The lowest BCUT2D eigenvalue weighted by molar-refractivity contribution is 0.0443. The average Bonchev–Trinajstić information content (AvgIpc) is 1.69. The molecule has 7 aromatic rings. The van der Waals surface area contributed by atoms with Crippen molar-refractivity contribution in [1.29, 1.82) is 0 Å². The third-order valence-corrected chi connectivity index (χ3v) is 13.7. The maximum absolute atomic E-state index is 10.8. The van der Waals surface area contributed by atoms with E-state index in [4.69, 9.17) is 13.7 Å². The van der Waals surface area contributed by atoms with Gasteiger partial charge in [0.2, 0.25) is 17.7 Å². The lowest BCUT2D eigenvalue weighted by atomic mass is 10.0. The predicted octanol–water partition coefficient (Wildman–Crippen LogP) is 21.9. The second kappa shape index (κ2) is 65.1. The Kier molecular flexibility index (Phi) is 67.1. The molecule has 9 heterocycles. The van der Waals surface area contributed by atoms with Gasteiger partial charge in [0, 0.05) is 63.2 Å². The van der Waals surface area contributed by atoms with Crippen LogP contribution >= 0.6 is 34.4 Å². The van der Waals surface area contributed by atoms with Crippen molar-refractivity contribution < 1.29 is 28.0 Å². The number of rotatable bonds is 5. The van der Waals surface area contributed by atoms with E-state index >= 15 is 0 Å². The van der Waals surface area contributed by atoms with Gasteiger partial charge in [0.25, 0.3) is 0 Å². The fraction of sp³-hybridized carbons (Fsp3) is 0.684. The highest BCUT2D eigenvalue weighted by atomic mass is 32.1. The van der Waals surface area contributed by atoms with Crippen molar-refractivity contribution in [2.75, 3.05) is 32.8 Å². The van der Waals surface area contributed by atoms with Gasteiger partial charge >= 0.3 is 11.9 Å². The number of hydrogen-bond donors (Lipinski definition) is 2. The third kappa shape index (κ3) is 56.9. The number of nitrogens with zero attached hydrogens (tertiary/aromatic N) is 10. The van der Waals surface area contributed by atoms with Crippen molar-refractivity contribution in [2.45, 2.75) is 296 Å². The average molecular weight is 1410 g/mol. The summed E-state index contributed by atoms with van der Waals surface area (Å²) in [5.41, 5.74) is 3.70. The van der Waals surface area contributed by atoms with Crippen LogP contribution in [0.3, 0.4) is 0 Å². The van der Waals surface area contributed by atoms with Crippen LogP contribution < -0.4 is 10.6 Å². The minimum atomic E-state index is -0.550. The van der Waals surface area contributed by atoms with Crippen LogP contribution in [0.5, 0.6) is 0 Å². The monoisotopic (exact) mass is 1410 g/mol. The van der Waals surface area contributed by atoms with E-state index in [0.717, 1.165) is 81.6 Å². The molecule has 0 amide bonds. The number of carbonyl (C=O) groups excluding carboxylic acids is 2. The molecule has 18 nitrogen and oxygen atoms in total. The van der Waals surface area contributed by atoms with E-state index in [1.54, 1.807) is 49.4 Å². The van der Waals surface area contributed by atoms with Gasteiger partial charge in [-0.25, -0.2) is 19.6 Å². The van der Waals surface area contributed by atoms with Gasteiger partial charge in [0.1, 0.15) is 31.7 Å². The van der Waals surface area contributed by atoms with Gasteiger partial charge in [-0.2, -0.15) is 13.7 Å². The van der Waals surface area contributed by atoms with E-state index in [2.05, 4.69) is 193 Å². The number of ether oxygens (including phenoxy) is 2. The first kappa shape index (κ1) is 100. The summed E-state index contributed by atoms with van der Waals surface area (Å²) >= 11 is 4.64. The summed E-state index contributed by atoms with van der Waals surface area (Å²) in [5, 5.41) is 30.1. The molecule has 2 saturated heterocycles. The molecular formula is C76H138N12O6S3. The Labute approximate surface area is 603 Å². The Hall–Kier alpha value is -5.58. The zero-order chi connectivity index (χ0) is 75.4. The van der Waals surface area contributed by atoms with Crippen LogP contribution in [0.4, 0.5) is 0 Å². The predicted molar refractivity (Wildman–Crippen MR) is 414 cm³/mol. The van der Waals surface area contributed by atoms with Crippen LogP contribution in [0.1, 0.15) is 336 Å². The first-order valence-electron chi connectivity index (χ1n) is 35.9. The molecule has 11 rings (SSSR count). The molecular weight excluding hydrogens is 1270 g/mol. The smallest absolute Gasteiger partial charge is 0.346 e. The van der Waals surface area contributed by atoms with Crippen LogP contribution in [0.2, 0.25) is 0 Å². The summed E-state index contributed by atoms with van der Waals surface area (Å²) < 4.78 is 27.4. The van der Waals surface area contributed by atoms with Crippen molar-refractivity contribution in [3.63, 3.8) is 0 Å². The minimum absolute atomic E-state index is 0.339. The molecule has 0 atom stereocenters. The number of aryl methyl sites for hydroxylation is 5. The highest BCUT2D eigenvalue weighted by Crippen LogP contribution is 2.20. The van der Waals surface area contributed by atoms with E-state index in [9.17, 15) is 9.59 Å². The first-order valence-corrected chi connectivity index (χ1v) is 38.2. The zero-order valence-electron chi connectivity index (χ0n) is 66.9. The number of piperidine rings is 1. The van der Waals surface area contributed by atoms with Gasteiger partial charge in [-0.3, -0.25) is 0 Å². The Morgan fingerprint density at radius 1 is 0.443 bits per heavy atom. The molecule has 97 heavy (non-hydrogen) atoms. The maximum Gasteiger partial charge on any atom is 0.346 e. The molecule has 5 aromatic heterocycles. The van der Waals surface area contributed by atoms with Crippen LogP contribution in [-0.4, -0.2) is 94.0 Å². The maximum atomic E-state index is 10.8. The van der Waals surface area contributed by atoms with Crippen molar-refractivity contribution in [1.82, 2.24) is 59.9 Å². The summed E-state index contributed by atoms with van der Waals surface area (Å²) in [4.78, 5) is 34.1. The third-order valence-electron chi connectivity index (χ3n) is 10.8. The highest BCUT2D eigenvalue weighted by Gasteiger charge is 2.28. The Morgan fingerprint density at radius 3 is 1.19 bits per heavy atom. The van der Waals surface area contributed by atoms with Crippen molar-refractivity contribution in [2.24, 2.45) is 17.8 Å². The Morgan fingerprint density at radius 2 is 0.928 bits per heavy atom. The molecule has 0 saturated carbocycles. The molecule has 0 spiro atoms. The molecule has 4 aliphatic rings. The van der Waals surface area contributed by atoms with Gasteiger partial charge < -0.3 is 29.0 Å². The number of carbonyl (C=O) groups is 2. The fourth-order valence-electron chi connectivity index (χ4n) is 6.50. The first-order chi connectivity index (χ1) is 45.9. The lowest BCUT2D eigenvalue weighted by Gasteiger charge is -2.15. The molecule has 4 aliphatic heterocycles. The number of hydrogen-bond acceptors (Lipinski definition) is 21. The van der Waals surface area contributed by atoms with Gasteiger partial charge in [0.05, 0.1) is 11.1 Å². The van der Waals surface area contributed by atoms with Gasteiger partial charge in [-0.05, 0) is 137 Å². The highest BCUT2D eigenvalue weighted by molar-refractivity contribution is 7.11. The van der Waals surface area contributed by atoms with Crippen LogP contribution in [0.15, 0.2) is 57.5 Å². The molecule has 0 unspecified atom stereocenters. The van der Waals surface area contributed by atoms with E-state index in [0.29, 0.717) is 58.4 Å². The zero-order valence-corrected chi connectivity index (χ0v) is 69.3. The Bertz CT molecular complexity index is 2510. The molecule has 0 bridgehead atoms. The number of aromatic nitrogens is 10. The molecule has 21 heteroatoms. The van der Waals surface area contributed by atoms with Crippen LogP contribution in [0, 0.1) is 52.4 Å². The summed E-state index contributed by atoms with van der Waals surface area (Å²) in [6.45, 7) is 72.4. The van der Waals surface area contributed by atoms with E-state index in [1.165, 1.54) is 85.8 Å². The van der Waals surface area contributed by atoms with Crippen molar-refractivity contribution in [3.05, 3.63) is 126 Å². The topological polar surface area (TPSA) is 232 Å². The second-order valence-corrected chi connectivity index (χ2v) is 27.8. The normalized spacial score (nSPS) is 12.4. The van der Waals surface area contributed by atoms with Gasteiger partial charge in [-0.15, -0.1) is 31.7 Å². The number of nitrogens with one attached hydrogen (secondary N) is 2. The fourth-order valence-corrected chi connectivity index (χ4v) is 8.47. The largest absolute Gasteiger partial charge is 0.425 e. The standard InChI is InChI=1S/C9H11N.C8H4O3.2C6H10N2O.3C6H10N2S.C5H11N.C4H8O.3C4H10.4C2H6/c1-2-4-9-7-10-6-5-8(9)3-1;9-7-5-3-1-2-4-6(5)8(10)11-7;1-4(2)6-8-7-5(3)9-6;1-4(2)6-7-5(3)9-8-6;1-4(2)6-8-7-5(3)9-6;1-4(2)6-7-5(3)9-8-6;1-4(2)6-7-5(3)8-9-6;1-2-4-6-5-3-1;1-2-4-5-3-1;3*1-4(2)3;4*1-2/h1-4,10H,5-7H2;1-4H;5*4H,1-3H3;6H,1-5H2;1-4H2;3*4H,1-3H3;4*1-2H3. The second-order valence-electron chi connectivity index (χ2n) is 24.9. The van der Waals surface area contributed by atoms with Gasteiger partial charge in [0.15, 0.2) is 5.82 Å². The molecule has 0 aliphatic carbocycles. The van der Waals surface area contributed by atoms with Crippen molar-refractivity contribution >= 4 is 46.3 Å². The molecule has 556 valence electrons. The summed E-state index contributed by atoms with van der Waals surface area (Å²) in [6.07, 6.45) is 7.96. The SMILES string of the molecule is C1CCNCC1.C1CCOC1.CC.CC.CC.CC.CC(C)C.CC(C)C.CC(C)C.Cc1nc(C(C)C)no1.Cc1nc(C(C)C)ns1.Cc1nnc(C(C)C)o1.Cc1nnc(C(C)C)s1.Cc1nsc(C(C)C)n1.O=C1OC(=O)c2ccccc21.c1ccc2c(c1)CCNC2. The quantitative estimate of drug-likeness (QED) is 0.120. The van der Waals surface area contributed by atoms with Gasteiger partial charge in [-0.1, -0.05) is 235 Å². The number of fused-ring (bicyclic) bond motifs is 2. The van der Waals surface area contributed by atoms with Crippen LogP contribution in [0.25, 0.3) is 0 Å². The van der Waals surface area contributed by atoms with E-state index in [1.807, 2.05) is 104 Å². The molecule has 2 fully saturated rings. The number of esters is 2.